The van der Waals surface area contributed by atoms with Crippen molar-refractivity contribution in [1.82, 2.24) is 10.2 Å². The van der Waals surface area contributed by atoms with Gasteiger partial charge in [0.15, 0.2) is 0 Å². The third kappa shape index (κ3) is 2.13. The molecule has 0 bridgehead atoms. The van der Waals surface area contributed by atoms with Crippen LogP contribution in [0, 0.1) is 13.8 Å². The lowest BCUT2D eigenvalue weighted by molar-refractivity contribution is 0.819. The normalized spacial score (nSPS) is 12.8. The molecule has 1 aromatic carbocycles. The van der Waals surface area contributed by atoms with Crippen LogP contribution in [0.5, 0.6) is 0 Å². The molecule has 2 aromatic heterocycles. The second-order valence-electron chi connectivity index (χ2n) is 4.69. The first-order valence-electron chi connectivity index (χ1n) is 6.19. The van der Waals surface area contributed by atoms with Gasteiger partial charge in [-0.1, -0.05) is 18.2 Å². The number of nitrogens with two attached hydrogens (primary N) is 1. The average molecular weight is 269 g/mol. The van der Waals surface area contributed by atoms with Crippen molar-refractivity contribution in [2.24, 2.45) is 5.73 Å². The first-order chi connectivity index (χ1) is 9.16. The predicted octanol–water partition coefficient (Wildman–Crippen LogP) is 3.36. The van der Waals surface area contributed by atoms with Crippen LogP contribution in [0.2, 0.25) is 0 Å². The molecule has 2 heterocycles. The maximum Gasteiger partial charge on any atom is 0.0651 e. The molecule has 4 heteroatoms. The standard InChI is InChI=1S/C15H15N3S/c1-9-8-13(10(2)18-17-9)14(16)12-5-3-4-11-6-7-19-15(11)12/h3-8,14H,16H2,1-2H3. The minimum Gasteiger partial charge on any atom is -0.320 e. The zero-order valence-corrected chi connectivity index (χ0v) is 11.7. The molecule has 0 fully saturated rings. The van der Waals surface area contributed by atoms with Crippen molar-refractivity contribution in [2.45, 2.75) is 19.9 Å². The van der Waals surface area contributed by atoms with E-state index in [9.17, 15) is 0 Å². The molecule has 0 aliphatic heterocycles. The van der Waals surface area contributed by atoms with Gasteiger partial charge >= 0.3 is 0 Å². The molecular formula is C15H15N3S. The molecule has 19 heavy (non-hydrogen) atoms. The molecule has 3 rings (SSSR count). The van der Waals surface area contributed by atoms with Gasteiger partial charge in [0.05, 0.1) is 17.4 Å². The fraction of sp³-hybridized carbons (Fsp3) is 0.200. The first kappa shape index (κ1) is 12.3. The fourth-order valence-corrected chi connectivity index (χ4v) is 3.27. The highest BCUT2D eigenvalue weighted by molar-refractivity contribution is 7.17. The summed E-state index contributed by atoms with van der Waals surface area (Å²) in [4.78, 5) is 0. The number of aromatic nitrogens is 2. The summed E-state index contributed by atoms with van der Waals surface area (Å²) in [5.41, 5.74) is 10.4. The Morgan fingerprint density at radius 1 is 1.11 bits per heavy atom. The van der Waals surface area contributed by atoms with Gasteiger partial charge in [0.25, 0.3) is 0 Å². The summed E-state index contributed by atoms with van der Waals surface area (Å²) in [5.74, 6) is 0. The lowest BCUT2D eigenvalue weighted by Gasteiger charge is -2.15. The lowest BCUT2D eigenvalue weighted by atomic mass is 9.97. The molecule has 0 spiro atoms. The Bertz CT molecular complexity index is 733. The molecule has 0 amide bonds. The van der Waals surface area contributed by atoms with Crippen LogP contribution in [0.4, 0.5) is 0 Å². The lowest BCUT2D eigenvalue weighted by Crippen LogP contribution is -2.15. The van der Waals surface area contributed by atoms with E-state index < -0.39 is 0 Å². The first-order valence-corrected chi connectivity index (χ1v) is 7.07. The number of fused-ring (bicyclic) bond motifs is 1. The van der Waals surface area contributed by atoms with Crippen LogP contribution in [-0.2, 0) is 0 Å². The van der Waals surface area contributed by atoms with Crippen LogP contribution in [0.25, 0.3) is 10.1 Å². The number of hydrogen-bond donors (Lipinski definition) is 1. The van der Waals surface area contributed by atoms with Crippen LogP contribution in [0.15, 0.2) is 35.7 Å². The molecule has 2 N–H and O–H groups in total. The number of rotatable bonds is 2. The second-order valence-corrected chi connectivity index (χ2v) is 5.61. The molecule has 0 radical (unpaired) electrons. The van der Waals surface area contributed by atoms with Crippen LogP contribution >= 0.6 is 11.3 Å². The Morgan fingerprint density at radius 2 is 1.95 bits per heavy atom. The number of thiophene rings is 1. The quantitative estimate of drug-likeness (QED) is 0.776. The maximum atomic E-state index is 6.45. The minimum absolute atomic E-state index is 0.156. The molecular weight excluding hydrogens is 254 g/mol. The molecule has 3 nitrogen and oxygen atoms in total. The van der Waals surface area contributed by atoms with Crippen LogP contribution in [-0.4, -0.2) is 10.2 Å². The molecule has 1 atom stereocenters. The van der Waals surface area contributed by atoms with Crippen molar-refractivity contribution in [2.75, 3.05) is 0 Å². The SMILES string of the molecule is Cc1cc(C(N)c2cccc3ccsc23)c(C)nn1. The summed E-state index contributed by atoms with van der Waals surface area (Å²) >= 11 is 1.73. The highest BCUT2D eigenvalue weighted by Crippen LogP contribution is 2.31. The topological polar surface area (TPSA) is 51.8 Å². The zero-order chi connectivity index (χ0) is 13.4. The van der Waals surface area contributed by atoms with Gasteiger partial charge in [-0.3, -0.25) is 0 Å². The number of hydrogen-bond acceptors (Lipinski definition) is 4. The monoisotopic (exact) mass is 269 g/mol. The Labute approximate surface area is 116 Å². The van der Waals surface area contributed by atoms with E-state index in [2.05, 4.69) is 39.8 Å². The van der Waals surface area contributed by atoms with E-state index >= 15 is 0 Å². The predicted molar refractivity (Wildman–Crippen MR) is 79.4 cm³/mol. The van der Waals surface area contributed by atoms with Crippen molar-refractivity contribution < 1.29 is 0 Å². The Morgan fingerprint density at radius 3 is 2.79 bits per heavy atom. The summed E-state index contributed by atoms with van der Waals surface area (Å²) in [5, 5.41) is 11.6. The van der Waals surface area contributed by atoms with Gasteiger partial charge in [-0.05, 0) is 47.9 Å². The van der Waals surface area contributed by atoms with Crippen molar-refractivity contribution in [3.05, 3.63) is 58.2 Å². The average Bonchev–Trinajstić information content (AvgIpc) is 2.89. The Hall–Kier alpha value is -1.78. The van der Waals surface area contributed by atoms with E-state index in [1.54, 1.807) is 11.3 Å². The van der Waals surface area contributed by atoms with Gasteiger partial charge in [-0.15, -0.1) is 11.3 Å². The fourth-order valence-electron chi connectivity index (χ4n) is 2.31. The van der Waals surface area contributed by atoms with E-state index in [-0.39, 0.29) is 6.04 Å². The molecule has 0 aliphatic rings. The summed E-state index contributed by atoms with van der Waals surface area (Å²) in [6.45, 7) is 3.89. The number of aryl methyl sites for hydroxylation is 2. The molecule has 0 saturated heterocycles. The van der Waals surface area contributed by atoms with Crippen molar-refractivity contribution in [1.29, 1.82) is 0 Å². The van der Waals surface area contributed by atoms with E-state index in [0.29, 0.717) is 0 Å². The third-order valence-corrected chi connectivity index (χ3v) is 4.30. The van der Waals surface area contributed by atoms with Gasteiger partial charge < -0.3 is 5.73 Å². The van der Waals surface area contributed by atoms with Crippen LogP contribution < -0.4 is 5.73 Å². The van der Waals surface area contributed by atoms with Gasteiger partial charge in [0.1, 0.15) is 0 Å². The van der Waals surface area contributed by atoms with Crippen molar-refractivity contribution in [3.63, 3.8) is 0 Å². The zero-order valence-electron chi connectivity index (χ0n) is 10.9. The van der Waals surface area contributed by atoms with Crippen LogP contribution in [0.1, 0.15) is 28.6 Å². The van der Waals surface area contributed by atoms with E-state index in [0.717, 1.165) is 22.5 Å². The highest BCUT2D eigenvalue weighted by Gasteiger charge is 2.16. The number of nitrogens with zero attached hydrogens (tertiary/aromatic N) is 2. The number of benzene rings is 1. The molecule has 3 aromatic rings. The van der Waals surface area contributed by atoms with E-state index in [4.69, 9.17) is 5.73 Å². The molecule has 0 saturated carbocycles. The van der Waals surface area contributed by atoms with Gasteiger partial charge in [-0.25, -0.2) is 0 Å². The minimum atomic E-state index is -0.156. The van der Waals surface area contributed by atoms with Crippen molar-refractivity contribution in [3.8, 4) is 0 Å². The highest BCUT2D eigenvalue weighted by atomic mass is 32.1. The van der Waals surface area contributed by atoms with E-state index in [1.165, 1.54) is 10.1 Å². The molecule has 96 valence electrons. The summed E-state index contributed by atoms with van der Waals surface area (Å²) in [6, 6.07) is 10.3. The summed E-state index contributed by atoms with van der Waals surface area (Å²) < 4.78 is 1.25. The molecule has 1 unspecified atom stereocenters. The third-order valence-electron chi connectivity index (χ3n) is 3.32. The van der Waals surface area contributed by atoms with Gasteiger partial charge in [-0.2, -0.15) is 10.2 Å². The van der Waals surface area contributed by atoms with Crippen LogP contribution in [0.3, 0.4) is 0 Å². The van der Waals surface area contributed by atoms with Crippen molar-refractivity contribution >= 4 is 21.4 Å². The summed E-state index contributed by atoms with van der Waals surface area (Å²) in [7, 11) is 0. The Balaban J connectivity index is 2.15. The summed E-state index contributed by atoms with van der Waals surface area (Å²) in [6.07, 6.45) is 0. The largest absolute Gasteiger partial charge is 0.320 e. The van der Waals surface area contributed by atoms with Gasteiger partial charge in [0.2, 0.25) is 0 Å². The van der Waals surface area contributed by atoms with Gasteiger partial charge in [0, 0.05) is 4.70 Å². The Kier molecular flexibility index (Phi) is 3.05. The smallest absolute Gasteiger partial charge is 0.0651 e. The second kappa shape index (κ2) is 4.72. The maximum absolute atomic E-state index is 6.45. The van der Waals surface area contributed by atoms with E-state index in [1.807, 2.05) is 19.9 Å². The molecule has 0 aliphatic carbocycles.